The molecule has 1 aliphatic heterocycles. The maximum Gasteiger partial charge on any atom is 0.231 e. The number of nitrogens with two attached hydrogens (primary N) is 1. The van der Waals surface area contributed by atoms with Crippen LogP contribution in [0.1, 0.15) is 36.6 Å². The van der Waals surface area contributed by atoms with Crippen LogP contribution in [0.2, 0.25) is 0 Å². The van der Waals surface area contributed by atoms with E-state index in [1.165, 1.54) is 6.33 Å². The molecule has 4 N–H and O–H groups in total. The SMILES string of the molecule is CCN(Cc1ccc(C)cc1)c1ncnc(CC[C@@]2(O)CCN(CC(N)=O)C[C@H]2O)c1F. The van der Waals surface area contributed by atoms with Crippen molar-refractivity contribution in [2.24, 2.45) is 5.73 Å². The largest absolute Gasteiger partial charge is 0.389 e. The van der Waals surface area contributed by atoms with Crippen LogP contribution in [0.4, 0.5) is 10.2 Å². The molecule has 1 aromatic heterocycles. The van der Waals surface area contributed by atoms with Crippen LogP contribution in [0.25, 0.3) is 0 Å². The molecule has 1 aromatic carbocycles. The highest BCUT2D eigenvalue weighted by Gasteiger charge is 2.40. The molecule has 1 aliphatic rings. The summed E-state index contributed by atoms with van der Waals surface area (Å²) in [5.74, 6) is -0.767. The van der Waals surface area contributed by atoms with Gasteiger partial charge in [-0.05, 0) is 38.7 Å². The Hall–Kier alpha value is -2.62. The van der Waals surface area contributed by atoms with Gasteiger partial charge in [-0.1, -0.05) is 29.8 Å². The fourth-order valence-electron chi connectivity index (χ4n) is 4.06. The number of piperidine rings is 1. The molecule has 0 spiro atoms. The van der Waals surface area contributed by atoms with Crippen LogP contribution < -0.4 is 10.6 Å². The Balaban J connectivity index is 1.68. The van der Waals surface area contributed by atoms with Crippen LogP contribution >= 0.6 is 0 Å². The summed E-state index contributed by atoms with van der Waals surface area (Å²) in [6.45, 7) is 5.64. The monoisotopic (exact) mass is 445 g/mol. The number of hydrogen-bond donors (Lipinski definition) is 3. The van der Waals surface area contributed by atoms with E-state index in [1.807, 2.05) is 43.0 Å². The number of aliphatic hydroxyl groups excluding tert-OH is 1. The number of aliphatic hydroxyl groups is 2. The average Bonchev–Trinajstić information content (AvgIpc) is 2.75. The van der Waals surface area contributed by atoms with Gasteiger partial charge in [0.25, 0.3) is 0 Å². The number of benzene rings is 1. The van der Waals surface area contributed by atoms with E-state index in [2.05, 4.69) is 9.97 Å². The molecule has 0 aliphatic carbocycles. The summed E-state index contributed by atoms with van der Waals surface area (Å²) in [4.78, 5) is 22.9. The second-order valence-corrected chi connectivity index (χ2v) is 8.53. The third kappa shape index (κ3) is 5.79. The molecule has 1 amide bonds. The number of nitrogens with zero attached hydrogens (tertiary/aromatic N) is 4. The molecule has 1 saturated heterocycles. The second-order valence-electron chi connectivity index (χ2n) is 8.53. The van der Waals surface area contributed by atoms with Crippen molar-refractivity contribution in [3.05, 3.63) is 53.2 Å². The first-order chi connectivity index (χ1) is 15.2. The van der Waals surface area contributed by atoms with Crippen molar-refractivity contribution in [2.75, 3.05) is 31.1 Å². The average molecular weight is 446 g/mol. The molecular weight excluding hydrogens is 413 g/mol. The number of rotatable bonds is 9. The normalized spacial score (nSPS) is 21.5. The zero-order valence-corrected chi connectivity index (χ0v) is 18.7. The van der Waals surface area contributed by atoms with E-state index < -0.39 is 23.4 Å². The highest BCUT2D eigenvalue weighted by Crippen LogP contribution is 2.29. The van der Waals surface area contributed by atoms with E-state index in [4.69, 9.17) is 5.73 Å². The predicted molar refractivity (Wildman–Crippen MR) is 119 cm³/mol. The highest BCUT2D eigenvalue weighted by atomic mass is 19.1. The fraction of sp³-hybridized carbons (Fsp3) is 0.522. The molecule has 0 radical (unpaired) electrons. The molecule has 2 heterocycles. The minimum absolute atomic E-state index is 0.0326. The Bertz CT molecular complexity index is 926. The molecule has 0 unspecified atom stereocenters. The molecule has 174 valence electrons. The van der Waals surface area contributed by atoms with Crippen molar-refractivity contribution < 1.29 is 19.4 Å². The fourth-order valence-corrected chi connectivity index (χ4v) is 4.06. The van der Waals surface area contributed by atoms with Gasteiger partial charge in [0.05, 0.1) is 23.9 Å². The van der Waals surface area contributed by atoms with Crippen molar-refractivity contribution in [1.29, 1.82) is 0 Å². The second kappa shape index (κ2) is 10.3. The van der Waals surface area contributed by atoms with Gasteiger partial charge < -0.3 is 20.8 Å². The van der Waals surface area contributed by atoms with Crippen LogP contribution in [-0.2, 0) is 17.8 Å². The lowest BCUT2D eigenvalue weighted by Gasteiger charge is -2.41. The van der Waals surface area contributed by atoms with Crippen molar-refractivity contribution >= 4 is 11.7 Å². The zero-order valence-electron chi connectivity index (χ0n) is 18.7. The number of hydrogen-bond acceptors (Lipinski definition) is 7. The first-order valence-corrected chi connectivity index (χ1v) is 10.9. The number of anilines is 1. The van der Waals surface area contributed by atoms with E-state index in [0.29, 0.717) is 19.6 Å². The number of primary amides is 1. The van der Waals surface area contributed by atoms with E-state index in [1.54, 1.807) is 4.90 Å². The summed E-state index contributed by atoms with van der Waals surface area (Å²) in [6.07, 6.45) is 0.841. The lowest BCUT2D eigenvalue weighted by molar-refractivity contribution is -0.132. The molecule has 32 heavy (non-hydrogen) atoms. The number of likely N-dealkylation sites (tertiary alicyclic amines) is 1. The molecule has 2 atom stereocenters. The Kier molecular flexibility index (Phi) is 7.76. The van der Waals surface area contributed by atoms with E-state index in [9.17, 15) is 15.0 Å². The summed E-state index contributed by atoms with van der Waals surface area (Å²) in [7, 11) is 0. The molecule has 0 bridgehead atoms. The van der Waals surface area contributed by atoms with Gasteiger partial charge in [0.15, 0.2) is 11.6 Å². The van der Waals surface area contributed by atoms with Gasteiger partial charge in [0.1, 0.15) is 6.33 Å². The number of amides is 1. The van der Waals surface area contributed by atoms with Gasteiger partial charge in [-0.15, -0.1) is 0 Å². The predicted octanol–water partition coefficient (Wildman–Crippen LogP) is 1.17. The van der Waals surface area contributed by atoms with Crippen molar-refractivity contribution in [3.63, 3.8) is 0 Å². The smallest absolute Gasteiger partial charge is 0.231 e. The summed E-state index contributed by atoms with van der Waals surface area (Å²) >= 11 is 0. The summed E-state index contributed by atoms with van der Waals surface area (Å²) < 4.78 is 15.3. The van der Waals surface area contributed by atoms with Gasteiger partial charge in [0.2, 0.25) is 5.91 Å². The summed E-state index contributed by atoms with van der Waals surface area (Å²) in [5.41, 5.74) is 6.25. The van der Waals surface area contributed by atoms with Crippen molar-refractivity contribution in [3.8, 4) is 0 Å². The number of halogens is 1. The van der Waals surface area contributed by atoms with Crippen LogP contribution in [-0.4, -0.2) is 68.9 Å². The first kappa shape index (κ1) is 24.0. The first-order valence-electron chi connectivity index (χ1n) is 10.9. The minimum atomic E-state index is -1.38. The van der Waals surface area contributed by atoms with Crippen molar-refractivity contribution in [1.82, 2.24) is 14.9 Å². The lowest BCUT2D eigenvalue weighted by Crippen LogP contribution is -2.56. The van der Waals surface area contributed by atoms with Crippen LogP contribution in [0.15, 0.2) is 30.6 Å². The minimum Gasteiger partial charge on any atom is -0.389 e. The van der Waals surface area contributed by atoms with E-state index in [-0.39, 0.29) is 43.9 Å². The molecule has 1 fully saturated rings. The summed E-state index contributed by atoms with van der Waals surface area (Å²) in [6, 6.07) is 8.07. The van der Waals surface area contributed by atoms with Crippen LogP contribution in [0, 0.1) is 12.7 Å². The van der Waals surface area contributed by atoms with Crippen LogP contribution in [0.3, 0.4) is 0 Å². The molecule has 9 heteroatoms. The molecule has 3 rings (SSSR count). The molecule has 8 nitrogen and oxygen atoms in total. The van der Waals surface area contributed by atoms with E-state index in [0.717, 1.165) is 11.1 Å². The topological polar surface area (TPSA) is 116 Å². The van der Waals surface area contributed by atoms with Crippen LogP contribution in [0.5, 0.6) is 0 Å². The standard InChI is InChI=1S/C23H32FN5O3/c1-3-29(12-17-6-4-16(2)5-7-17)22-21(24)18(26-15-27-22)8-9-23(32)10-11-28(13-19(23)30)14-20(25)31/h4-7,15,19,30,32H,3,8-14H2,1-2H3,(H2,25,31)/t19-,23-/m1/s1. The third-order valence-electron chi connectivity index (χ3n) is 6.11. The molecule has 0 saturated carbocycles. The number of aromatic nitrogens is 2. The Morgan fingerprint density at radius 2 is 2.06 bits per heavy atom. The van der Waals surface area contributed by atoms with Gasteiger partial charge in [-0.2, -0.15) is 0 Å². The number of aryl methyl sites for hydroxylation is 2. The lowest BCUT2D eigenvalue weighted by atomic mass is 9.84. The number of carbonyl (C=O) groups is 1. The maximum absolute atomic E-state index is 15.3. The number of carbonyl (C=O) groups excluding carboxylic acids is 1. The van der Waals surface area contributed by atoms with E-state index >= 15 is 4.39 Å². The quantitative estimate of drug-likeness (QED) is 0.531. The maximum atomic E-state index is 15.3. The summed E-state index contributed by atoms with van der Waals surface area (Å²) in [5, 5.41) is 21.4. The third-order valence-corrected chi connectivity index (χ3v) is 6.11. The Labute approximate surface area is 187 Å². The van der Waals surface area contributed by atoms with Gasteiger partial charge in [-0.3, -0.25) is 9.69 Å². The van der Waals surface area contributed by atoms with Gasteiger partial charge >= 0.3 is 0 Å². The number of β-amino-alcohol motifs (C(OH)–C–C–N with tert-alkyl or cyclic N) is 1. The highest BCUT2D eigenvalue weighted by molar-refractivity contribution is 5.75. The Morgan fingerprint density at radius 1 is 1.34 bits per heavy atom. The van der Waals surface area contributed by atoms with Gasteiger partial charge in [0, 0.05) is 26.2 Å². The molecule has 2 aromatic rings. The zero-order chi connectivity index (χ0) is 23.3. The van der Waals surface area contributed by atoms with Gasteiger partial charge in [-0.25, -0.2) is 14.4 Å². The Morgan fingerprint density at radius 3 is 2.69 bits per heavy atom. The van der Waals surface area contributed by atoms with Crippen molar-refractivity contribution in [2.45, 2.75) is 51.4 Å². The molecular formula is C23H32FN5O3.